The SMILES string of the molecule is Cc1ccc(C)c(S(=O)(=O)Nc2ccc(N3CCN(Cc4ccccc4F)CC3)cc2C(=O)O)c1.O=C(O)C(F)(F)F. The number of piperazine rings is 1. The number of aromatic carboxylic acids is 1. The summed E-state index contributed by atoms with van der Waals surface area (Å²) in [5.41, 5.74) is 2.60. The van der Waals surface area contributed by atoms with Crippen LogP contribution in [0.5, 0.6) is 0 Å². The molecule has 0 spiro atoms. The number of alkyl halides is 3. The molecule has 1 fully saturated rings. The first kappa shape index (κ1) is 32.3. The van der Waals surface area contributed by atoms with E-state index < -0.39 is 28.1 Å². The lowest BCUT2D eigenvalue weighted by Crippen LogP contribution is -2.46. The van der Waals surface area contributed by atoms with Gasteiger partial charge < -0.3 is 15.1 Å². The molecule has 0 saturated carbocycles. The fraction of sp³-hybridized carbons (Fsp3) is 0.286. The second-order valence-corrected chi connectivity index (χ2v) is 11.2. The Morgan fingerprint density at radius 1 is 0.929 bits per heavy atom. The molecule has 42 heavy (non-hydrogen) atoms. The van der Waals surface area contributed by atoms with Gasteiger partial charge in [-0.3, -0.25) is 9.62 Å². The zero-order valence-corrected chi connectivity index (χ0v) is 23.5. The van der Waals surface area contributed by atoms with Crippen LogP contribution in [0.15, 0.2) is 65.6 Å². The molecule has 4 rings (SSSR count). The number of carboxylic acids is 2. The summed E-state index contributed by atoms with van der Waals surface area (Å²) in [5, 5.41) is 16.9. The molecule has 0 radical (unpaired) electrons. The van der Waals surface area contributed by atoms with Crippen LogP contribution < -0.4 is 9.62 Å². The van der Waals surface area contributed by atoms with Crippen molar-refractivity contribution < 1.29 is 45.8 Å². The molecular formula is C28H29F4N3O6S. The largest absolute Gasteiger partial charge is 0.490 e. The summed E-state index contributed by atoms with van der Waals surface area (Å²) in [5.74, 6) is -4.20. The molecule has 0 amide bonds. The number of nitrogens with zero attached hydrogens (tertiary/aromatic N) is 2. The van der Waals surface area contributed by atoms with Gasteiger partial charge in [0.2, 0.25) is 0 Å². The minimum atomic E-state index is -5.08. The molecule has 1 aliphatic heterocycles. The van der Waals surface area contributed by atoms with E-state index in [-0.39, 0.29) is 22.0 Å². The smallest absolute Gasteiger partial charge is 0.478 e. The minimum Gasteiger partial charge on any atom is -0.478 e. The van der Waals surface area contributed by atoms with Crippen molar-refractivity contribution >= 4 is 33.3 Å². The van der Waals surface area contributed by atoms with Gasteiger partial charge in [-0.05, 0) is 55.3 Å². The average Bonchev–Trinajstić information content (AvgIpc) is 2.91. The molecule has 0 unspecified atom stereocenters. The van der Waals surface area contributed by atoms with E-state index >= 15 is 0 Å². The molecule has 1 heterocycles. The Morgan fingerprint density at radius 2 is 1.55 bits per heavy atom. The number of rotatable bonds is 7. The first-order valence-electron chi connectivity index (χ1n) is 12.6. The van der Waals surface area contributed by atoms with E-state index in [1.165, 1.54) is 18.2 Å². The van der Waals surface area contributed by atoms with Crippen LogP contribution in [0.2, 0.25) is 0 Å². The fourth-order valence-electron chi connectivity index (χ4n) is 4.22. The Balaban J connectivity index is 0.000000616. The lowest BCUT2D eigenvalue weighted by atomic mass is 10.1. The lowest BCUT2D eigenvalue weighted by molar-refractivity contribution is -0.192. The standard InChI is InChI=1S/C26H28FN3O4S.C2HF3O2/c1-18-7-8-19(2)25(15-18)35(33,34)28-24-10-9-21(16-22(24)26(31)32)30-13-11-29(12-14-30)17-20-5-3-4-6-23(20)27;3-2(4,5)1(6)7/h3-10,15-16,28H,11-14,17H2,1-2H3,(H,31,32);(H,6,7). The third-order valence-electron chi connectivity index (χ3n) is 6.44. The van der Waals surface area contributed by atoms with Crippen molar-refractivity contribution in [2.24, 2.45) is 0 Å². The van der Waals surface area contributed by atoms with Gasteiger partial charge >= 0.3 is 18.1 Å². The number of anilines is 2. The zero-order valence-electron chi connectivity index (χ0n) is 22.7. The summed E-state index contributed by atoms with van der Waals surface area (Å²) >= 11 is 0. The summed E-state index contributed by atoms with van der Waals surface area (Å²) in [4.78, 5) is 25.2. The van der Waals surface area contributed by atoms with Gasteiger partial charge in [0.25, 0.3) is 10.0 Å². The number of aliphatic carboxylic acids is 1. The van der Waals surface area contributed by atoms with Crippen molar-refractivity contribution in [3.05, 3.63) is 88.7 Å². The number of benzene rings is 3. The highest BCUT2D eigenvalue weighted by Gasteiger charge is 2.38. The van der Waals surface area contributed by atoms with Crippen LogP contribution >= 0.6 is 0 Å². The zero-order chi connectivity index (χ0) is 31.2. The number of hydrogen-bond acceptors (Lipinski definition) is 6. The third kappa shape index (κ3) is 8.42. The monoisotopic (exact) mass is 611 g/mol. The molecular weight excluding hydrogens is 582 g/mol. The highest BCUT2D eigenvalue weighted by molar-refractivity contribution is 7.92. The Labute approximate surface area is 240 Å². The maximum atomic E-state index is 14.0. The van der Waals surface area contributed by atoms with Crippen LogP contribution in [-0.2, 0) is 21.4 Å². The maximum absolute atomic E-state index is 14.0. The molecule has 1 aliphatic rings. The number of aryl methyl sites for hydroxylation is 2. The first-order chi connectivity index (χ1) is 19.6. The van der Waals surface area contributed by atoms with Gasteiger partial charge in [0, 0.05) is 44.0 Å². The topological polar surface area (TPSA) is 127 Å². The predicted molar refractivity (Wildman–Crippen MR) is 148 cm³/mol. The molecule has 3 aromatic rings. The number of sulfonamides is 1. The van der Waals surface area contributed by atoms with E-state index in [1.807, 2.05) is 17.0 Å². The Hall–Kier alpha value is -4.17. The van der Waals surface area contributed by atoms with Gasteiger partial charge in [-0.25, -0.2) is 22.4 Å². The summed E-state index contributed by atoms with van der Waals surface area (Å²) < 4.78 is 74.2. The van der Waals surface area contributed by atoms with Crippen molar-refractivity contribution in [2.75, 3.05) is 35.8 Å². The van der Waals surface area contributed by atoms with Crippen molar-refractivity contribution in [3.8, 4) is 0 Å². The van der Waals surface area contributed by atoms with Crippen molar-refractivity contribution in [1.82, 2.24) is 4.90 Å². The van der Waals surface area contributed by atoms with E-state index in [0.29, 0.717) is 49.5 Å². The van der Waals surface area contributed by atoms with E-state index in [0.717, 1.165) is 5.56 Å². The third-order valence-corrected chi connectivity index (χ3v) is 7.95. The van der Waals surface area contributed by atoms with Crippen LogP contribution in [0.25, 0.3) is 0 Å². The van der Waals surface area contributed by atoms with Gasteiger partial charge in [0.1, 0.15) is 5.82 Å². The van der Waals surface area contributed by atoms with E-state index in [9.17, 15) is 35.9 Å². The van der Waals surface area contributed by atoms with Crippen LogP contribution in [0.3, 0.4) is 0 Å². The molecule has 14 heteroatoms. The Morgan fingerprint density at radius 3 is 2.12 bits per heavy atom. The summed E-state index contributed by atoms with van der Waals surface area (Å²) in [6.45, 7) is 6.67. The number of carboxylic acid groups (broad SMARTS) is 2. The second-order valence-electron chi connectivity index (χ2n) is 9.57. The van der Waals surface area contributed by atoms with Crippen molar-refractivity contribution in [3.63, 3.8) is 0 Å². The minimum absolute atomic E-state index is 0.0142. The van der Waals surface area contributed by atoms with Gasteiger partial charge in [0.15, 0.2) is 0 Å². The normalized spacial score (nSPS) is 14.1. The molecule has 3 aromatic carbocycles. The van der Waals surface area contributed by atoms with Crippen LogP contribution in [-0.4, -0.2) is 67.8 Å². The molecule has 1 saturated heterocycles. The highest BCUT2D eigenvalue weighted by atomic mass is 32.2. The van der Waals surface area contributed by atoms with Gasteiger partial charge in [0.05, 0.1) is 16.1 Å². The number of halogens is 4. The Kier molecular flexibility index (Phi) is 10.2. The fourth-order valence-corrected chi connectivity index (χ4v) is 5.63. The molecule has 0 aromatic heterocycles. The summed E-state index contributed by atoms with van der Waals surface area (Å²) in [6.07, 6.45) is -5.08. The van der Waals surface area contributed by atoms with E-state index in [4.69, 9.17) is 9.90 Å². The molecule has 3 N–H and O–H groups in total. The van der Waals surface area contributed by atoms with Crippen LogP contribution in [0.1, 0.15) is 27.0 Å². The number of nitrogens with one attached hydrogen (secondary N) is 1. The van der Waals surface area contributed by atoms with E-state index in [2.05, 4.69) is 9.62 Å². The van der Waals surface area contributed by atoms with E-state index in [1.54, 1.807) is 44.2 Å². The highest BCUT2D eigenvalue weighted by Crippen LogP contribution is 2.28. The Bertz CT molecular complexity index is 1560. The average molecular weight is 612 g/mol. The van der Waals surface area contributed by atoms with Gasteiger partial charge in [-0.1, -0.05) is 30.3 Å². The van der Waals surface area contributed by atoms with Crippen molar-refractivity contribution in [1.29, 1.82) is 0 Å². The molecule has 0 aliphatic carbocycles. The molecule has 0 atom stereocenters. The molecule has 0 bridgehead atoms. The number of carbonyl (C=O) groups is 2. The molecule has 226 valence electrons. The van der Waals surface area contributed by atoms with Crippen LogP contribution in [0.4, 0.5) is 28.9 Å². The summed E-state index contributed by atoms with van der Waals surface area (Å²) in [6, 6.07) is 16.5. The molecule has 9 nitrogen and oxygen atoms in total. The van der Waals surface area contributed by atoms with Crippen molar-refractivity contribution in [2.45, 2.75) is 31.5 Å². The lowest BCUT2D eigenvalue weighted by Gasteiger charge is -2.36. The van der Waals surface area contributed by atoms with Gasteiger partial charge in [-0.2, -0.15) is 13.2 Å². The number of hydrogen-bond donors (Lipinski definition) is 3. The maximum Gasteiger partial charge on any atom is 0.490 e. The second kappa shape index (κ2) is 13.2. The van der Waals surface area contributed by atoms with Crippen LogP contribution in [0, 0.1) is 19.7 Å². The quantitative estimate of drug-likeness (QED) is 0.322. The predicted octanol–water partition coefficient (Wildman–Crippen LogP) is 4.90. The summed E-state index contributed by atoms with van der Waals surface area (Å²) in [7, 11) is -3.97. The van der Waals surface area contributed by atoms with Gasteiger partial charge in [-0.15, -0.1) is 0 Å². The first-order valence-corrected chi connectivity index (χ1v) is 14.0.